The van der Waals surface area contributed by atoms with E-state index in [0.29, 0.717) is 6.04 Å². The molecule has 21 heavy (non-hydrogen) atoms. The molecule has 0 unspecified atom stereocenters. The molecule has 0 aliphatic carbocycles. The molecule has 2 aromatic rings. The largest absolute Gasteiger partial charge is 0.320 e. The third kappa shape index (κ3) is 2.84. The van der Waals surface area contributed by atoms with Gasteiger partial charge in [0.05, 0.1) is 11.0 Å². The lowest BCUT2D eigenvalue weighted by Crippen LogP contribution is -2.44. The summed E-state index contributed by atoms with van der Waals surface area (Å²) >= 11 is 0. The van der Waals surface area contributed by atoms with Crippen LogP contribution in [0, 0.1) is 0 Å². The molecule has 1 saturated heterocycles. The van der Waals surface area contributed by atoms with Crippen molar-refractivity contribution in [2.75, 3.05) is 26.2 Å². The Kier molecular flexibility index (Phi) is 4.03. The fourth-order valence-corrected chi connectivity index (χ4v) is 2.91. The molecule has 5 heteroatoms. The molecule has 1 aliphatic heterocycles. The van der Waals surface area contributed by atoms with Crippen molar-refractivity contribution < 1.29 is 0 Å². The van der Waals surface area contributed by atoms with E-state index in [1.54, 1.807) is 0 Å². The van der Waals surface area contributed by atoms with Gasteiger partial charge >= 0.3 is 0 Å². The second kappa shape index (κ2) is 5.95. The van der Waals surface area contributed by atoms with Crippen molar-refractivity contribution in [3.8, 4) is 0 Å². The number of H-pyrrole nitrogens is 1. The van der Waals surface area contributed by atoms with Crippen LogP contribution in [0.25, 0.3) is 11.0 Å². The molecule has 1 fully saturated rings. The monoisotopic (exact) mass is 286 g/mol. The zero-order valence-corrected chi connectivity index (χ0v) is 12.6. The average Bonchev–Trinajstić information content (AvgIpc) is 2.53. The van der Waals surface area contributed by atoms with E-state index in [1.165, 1.54) is 0 Å². The molecule has 2 N–H and O–H groups in total. The highest BCUT2D eigenvalue weighted by atomic mass is 16.1. The fraction of sp³-hybridized carbons (Fsp3) is 0.500. The molecule has 0 saturated carbocycles. The van der Waals surface area contributed by atoms with Gasteiger partial charge in [-0.15, -0.1) is 0 Å². The van der Waals surface area contributed by atoms with Crippen molar-refractivity contribution in [1.82, 2.24) is 20.2 Å². The van der Waals surface area contributed by atoms with Crippen LogP contribution in [0.2, 0.25) is 0 Å². The first-order chi connectivity index (χ1) is 10.2. The summed E-state index contributed by atoms with van der Waals surface area (Å²) in [4.78, 5) is 21.9. The van der Waals surface area contributed by atoms with E-state index in [-0.39, 0.29) is 5.56 Å². The second-order valence-electron chi connectivity index (χ2n) is 5.64. The molecule has 5 nitrogen and oxygen atoms in total. The number of aryl methyl sites for hydroxylation is 1. The first-order valence-corrected chi connectivity index (χ1v) is 7.65. The maximum absolute atomic E-state index is 11.9. The molecule has 0 aromatic carbocycles. The van der Waals surface area contributed by atoms with E-state index < -0.39 is 0 Å². The van der Waals surface area contributed by atoms with E-state index in [2.05, 4.69) is 33.2 Å². The van der Waals surface area contributed by atoms with Crippen LogP contribution in [0.3, 0.4) is 0 Å². The Morgan fingerprint density at radius 2 is 2.10 bits per heavy atom. The molecule has 0 bridgehead atoms. The van der Waals surface area contributed by atoms with Crippen molar-refractivity contribution in [2.45, 2.75) is 26.3 Å². The van der Waals surface area contributed by atoms with Gasteiger partial charge in [-0.2, -0.15) is 0 Å². The minimum atomic E-state index is -0.00113. The Labute approximate surface area is 124 Å². The highest BCUT2D eigenvalue weighted by molar-refractivity contribution is 5.75. The summed E-state index contributed by atoms with van der Waals surface area (Å²) < 4.78 is 0. The van der Waals surface area contributed by atoms with Crippen LogP contribution in [0.15, 0.2) is 23.1 Å². The summed E-state index contributed by atoms with van der Waals surface area (Å²) in [5.41, 5.74) is 3.64. The Bertz CT molecular complexity index is 688. The number of hydrogen-bond acceptors (Lipinski definition) is 4. The van der Waals surface area contributed by atoms with Crippen molar-refractivity contribution in [2.24, 2.45) is 0 Å². The van der Waals surface area contributed by atoms with Crippen LogP contribution < -0.4 is 10.9 Å². The van der Waals surface area contributed by atoms with Gasteiger partial charge in [0, 0.05) is 44.0 Å². The van der Waals surface area contributed by atoms with Crippen LogP contribution in [-0.2, 0) is 6.42 Å². The quantitative estimate of drug-likeness (QED) is 0.896. The van der Waals surface area contributed by atoms with Crippen LogP contribution >= 0.6 is 0 Å². The van der Waals surface area contributed by atoms with Crippen molar-refractivity contribution in [1.29, 1.82) is 0 Å². The number of fused-ring (bicyclic) bond motifs is 1. The third-order valence-electron chi connectivity index (χ3n) is 4.35. The van der Waals surface area contributed by atoms with E-state index in [1.807, 2.05) is 19.2 Å². The van der Waals surface area contributed by atoms with Gasteiger partial charge < -0.3 is 10.3 Å². The standard InChI is InChI=1S/C16H22N4O/c1-3-12-8-14-15(19-16(12)21)9-13(10-18-14)11(2)20-6-4-17-5-7-20/h8-11,17H,3-7H2,1-2H3,(H,19,21)/t11-/m1/s1. The normalized spacial score (nSPS) is 18.0. The van der Waals surface area contributed by atoms with Gasteiger partial charge in [-0.25, -0.2) is 0 Å². The maximum atomic E-state index is 11.9. The molecule has 3 heterocycles. The number of pyridine rings is 2. The Morgan fingerprint density at radius 1 is 1.33 bits per heavy atom. The highest BCUT2D eigenvalue weighted by Crippen LogP contribution is 2.22. The van der Waals surface area contributed by atoms with Gasteiger partial charge in [0.1, 0.15) is 0 Å². The zero-order valence-electron chi connectivity index (χ0n) is 12.6. The molecule has 2 aromatic heterocycles. The number of nitrogens with one attached hydrogen (secondary N) is 2. The second-order valence-corrected chi connectivity index (χ2v) is 5.64. The van der Waals surface area contributed by atoms with Gasteiger partial charge in [0.15, 0.2) is 0 Å². The van der Waals surface area contributed by atoms with E-state index in [0.717, 1.165) is 54.8 Å². The number of nitrogens with zero attached hydrogens (tertiary/aromatic N) is 2. The first kappa shape index (κ1) is 14.2. The topological polar surface area (TPSA) is 61.0 Å². The molecule has 0 amide bonds. The van der Waals surface area contributed by atoms with Crippen LogP contribution in [0.1, 0.15) is 31.0 Å². The molecule has 0 radical (unpaired) electrons. The molecule has 1 aliphatic rings. The van der Waals surface area contributed by atoms with E-state index >= 15 is 0 Å². The Hall–Kier alpha value is -1.72. The van der Waals surface area contributed by atoms with Crippen LogP contribution in [-0.4, -0.2) is 41.0 Å². The zero-order chi connectivity index (χ0) is 14.8. The predicted octanol–water partition coefficient (Wildman–Crippen LogP) is 1.45. The molecular weight excluding hydrogens is 264 g/mol. The lowest BCUT2D eigenvalue weighted by atomic mass is 10.1. The Morgan fingerprint density at radius 3 is 2.81 bits per heavy atom. The summed E-state index contributed by atoms with van der Waals surface area (Å²) in [7, 11) is 0. The minimum Gasteiger partial charge on any atom is -0.320 e. The van der Waals surface area contributed by atoms with Crippen LogP contribution in [0.4, 0.5) is 0 Å². The van der Waals surface area contributed by atoms with Crippen molar-refractivity contribution in [3.63, 3.8) is 0 Å². The van der Waals surface area contributed by atoms with Gasteiger partial charge in [-0.05, 0) is 31.0 Å². The van der Waals surface area contributed by atoms with Crippen molar-refractivity contribution >= 4 is 11.0 Å². The summed E-state index contributed by atoms with van der Waals surface area (Å²) in [5, 5.41) is 3.37. The smallest absolute Gasteiger partial charge is 0.251 e. The van der Waals surface area contributed by atoms with Gasteiger partial charge in [0.2, 0.25) is 0 Å². The number of aromatic amines is 1. The summed E-state index contributed by atoms with van der Waals surface area (Å²) in [6.45, 7) is 8.34. The predicted molar refractivity (Wildman–Crippen MR) is 84.6 cm³/mol. The van der Waals surface area contributed by atoms with Gasteiger partial charge in [-0.3, -0.25) is 14.7 Å². The Balaban J connectivity index is 1.94. The third-order valence-corrected chi connectivity index (χ3v) is 4.35. The summed E-state index contributed by atoms with van der Waals surface area (Å²) in [6, 6.07) is 4.28. The lowest BCUT2D eigenvalue weighted by Gasteiger charge is -2.32. The molecular formula is C16H22N4O. The van der Waals surface area contributed by atoms with Crippen molar-refractivity contribution in [3.05, 3.63) is 39.8 Å². The fourth-order valence-electron chi connectivity index (χ4n) is 2.91. The number of rotatable bonds is 3. The SMILES string of the molecule is CCc1cc2ncc([C@@H](C)N3CCNCC3)cc2[nH]c1=O. The average molecular weight is 286 g/mol. The maximum Gasteiger partial charge on any atom is 0.251 e. The van der Waals surface area contributed by atoms with E-state index in [4.69, 9.17) is 0 Å². The minimum absolute atomic E-state index is 0.00113. The van der Waals surface area contributed by atoms with Gasteiger partial charge in [0.25, 0.3) is 5.56 Å². The molecule has 112 valence electrons. The number of aromatic nitrogens is 2. The first-order valence-electron chi connectivity index (χ1n) is 7.65. The number of hydrogen-bond donors (Lipinski definition) is 2. The van der Waals surface area contributed by atoms with Crippen LogP contribution in [0.5, 0.6) is 0 Å². The number of piperazine rings is 1. The molecule has 1 atom stereocenters. The van der Waals surface area contributed by atoms with Gasteiger partial charge in [-0.1, -0.05) is 6.92 Å². The molecule has 0 spiro atoms. The highest BCUT2D eigenvalue weighted by Gasteiger charge is 2.18. The lowest BCUT2D eigenvalue weighted by molar-refractivity contribution is 0.185. The summed E-state index contributed by atoms with van der Waals surface area (Å²) in [6.07, 6.45) is 2.67. The van der Waals surface area contributed by atoms with E-state index in [9.17, 15) is 4.79 Å². The molecule has 3 rings (SSSR count). The summed E-state index contributed by atoms with van der Waals surface area (Å²) in [5.74, 6) is 0.